The number of aromatic hydroxyl groups is 1. The second-order valence-corrected chi connectivity index (χ2v) is 6.51. The molecular formula is C17H14Cl2F3NO2. The molecule has 0 heterocycles. The minimum absolute atomic E-state index is 0.0110. The fraction of sp³-hybridized carbons (Fsp3) is 0.235. The second-order valence-electron chi connectivity index (χ2n) is 5.69. The Balaban J connectivity index is 2.30. The van der Waals surface area contributed by atoms with E-state index in [1.165, 1.54) is 12.1 Å². The fourth-order valence-corrected chi connectivity index (χ4v) is 2.79. The summed E-state index contributed by atoms with van der Waals surface area (Å²) in [6.45, 7) is 3.75. The summed E-state index contributed by atoms with van der Waals surface area (Å²) in [4.78, 5) is 12.3. The van der Waals surface area contributed by atoms with Gasteiger partial charge >= 0.3 is 6.18 Å². The molecule has 2 aromatic carbocycles. The summed E-state index contributed by atoms with van der Waals surface area (Å²) in [6.07, 6.45) is -4.54. The van der Waals surface area contributed by atoms with Crippen molar-refractivity contribution in [2.75, 3.05) is 5.32 Å². The number of amides is 1. The molecule has 0 aromatic heterocycles. The molecule has 0 unspecified atom stereocenters. The van der Waals surface area contributed by atoms with E-state index in [9.17, 15) is 23.1 Å². The quantitative estimate of drug-likeness (QED) is 0.664. The zero-order valence-corrected chi connectivity index (χ0v) is 14.7. The summed E-state index contributed by atoms with van der Waals surface area (Å²) in [5, 5.41) is 12.4. The van der Waals surface area contributed by atoms with Crippen LogP contribution in [0, 0.1) is 0 Å². The van der Waals surface area contributed by atoms with E-state index in [0.717, 1.165) is 12.1 Å². The molecule has 0 bridgehead atoms. The summed E-state index contributed by atoms with van der Waals surface area (Å²) in [5.41, 5.74) is -0.376. The Bertz CT molecular complexity index is 820. The van der Waals surface area contributed by atoms with Gasteiger partial charge in [-0.1, -0.05) is 37.0 Å². The van der Waals surface area contributed by atoms with Crippen LogP contribution in [-0.2, 0) is 6.18 Å². The molecule has 0 aliphatic carbocycles. The van der Waals surface area contributed by atoms with Gasteiger partial charge in [-0.2, -0.15) is 13.2 Å². The number of halogens is 5. The van der Waals surface area contributed by atoms with Crippen LogP contribution in [0.4, 0.5) is 18.9 Å². The molecule has 0 radical (unpaired) electrons. The van der Waals surface area contributed by atoms with E-state index in [0.29, 0.717) is 16.7 Å². The van der Waals surface area contributed by atoms with Gasteiger partial charge in [0.2, 0.25) is 0 Å². The molecule has 0 aliphatic heterocycles. The first-order valence-corrected chi connectivity index (χ1v) is 7.96. The van der Waals surface area contributed by atoms with Crippen LogP contribution in [-0.4, -0.2) is 11.0 Å². The van der Waals surface area contributed by atoms with Crippen molar-refractivity contribution >= 4 is 34.8 Å². The molecule has 0 aliphatic rings. The van der Waals surface area contributed by atoms with Crippen LogP contribution in [0.25, 0.3) is 0 Å². The van der Waals surface area contributed by atoms with Gasteiger partial charge in [-0.05, 0) is 41.8 Å². The maximum atomic E-state index is 12.6. The summed E-state index contributed by atoms with van der Waals surface area (Å²) in [7, 11) is 0. The highest BCUT2D eigenvalue weighted by molar-refractivity contribution is 6.34. The number of benzene rings is 2. The van der Waals surface area contributed by atoms with E-state index in [2.05, 4.69) is 5.32 Å². The summed E-state index contributed by atoms with van der Waals surface area (Å²) >= 11 is 11.9. The third-order valence-electron chi connectivity index (χ3n) is 3.53. The topological polar surface area (TPSA) is 49.3 Å². The van der Waals surface area contributed by atoms with Crippen molar-refractivity contribution in [2.24, 2.45) is 0 Å². The number of carbonyl (C=O) groups excluding carboxylic acids is 1. The van der Waals surface area contributed by atoms with Gasteiger partial charge in [0.15, 0.2) is 0 Å². The third-order valence-corrected chi connectivity index (χ3v) is 4.17. The van der Waals surface area contributed by atoms with Gasteiger partial charge in [0.05, 0.1) is 21.8 Å². The Morgan fingerprint density at radius 3 is 2.28 bits per heavy atom. The van der Waals surface area contributed by atoms with E-state index in [1.807, 2.05) is 13.8 Å². The van der Waals surface area contributed by atoms with Gasteiger partial charge in [0.1, 0.15) is 5.75 Å². The van der Waals surface area contributed by atoms with Gasteiger partial charge in [-0.3, -0.25) is 4.79 Å². The largest absolute Gasteiger partial charge is 0.507 e. The number of hydrogen-bond donors (Lipinski definition) is 2. The number of rotatable bonds is 3. The van der Waals surface area contributed by atoms with Crippen molar-refractivity contribution in [3.8, 4) is 5.75 Å². The van der Waals surface area contributed by atoms with Crippen molar-refractivity contribution in [1.82, 2.24) is 0 Å². The second kappa shape index (κ2) is 7.14. The summed E-state index contributed by atoms with van der Waals surface area (Å²) in [6, 6.07) is 5.25. The number of phenolic OH excluding ortho intramolecular Hbond substituents is 1. The maximum Gasteiger partial charge on any atom is 0.416 e. The summed E-state index contributed by atoms with van der Waals surface area (Å²) < 4.78 is 37.9. The molecular weight excluding hydrogens is 378 g/mol. The monoisotopic (exact) mass is 391 g/mol. The predicted octanol–water partition coefficient (Wildman–Crippen LogP) is 6.09. The average Bonchev–Trinajstić information content (AvgIpc) is 2.49. The van der Waals surface area contributed by atoms with Crippen molar-refractivity contribution in [1.29, 1.82) is 0 Å². The van der Waals surface area contributed by atoms with Crippen LogP contribution in [0.3, 0.4) is 0 Å². The molecule has 0 saturated heterocycles. The number of phenols is 1. The first-order chi connectivity index (χ1) is 11.5. The first kappa shape index (κ1) is 19.4. The standard InChI is InChI=1S/C17H14Cl2F3NO2/c1-8(2)10-7-15(24)11(6-12(10)18)16(25)23-14-4-3-9(5-13(14)19)17(20,21)22/h3-8,24H,1-2H3,(H,23,25). The van der Waals surface area contributed by atoms with Crippen molar-refractivity contribution in [3.63, 3.8) is 0 Å². The van der Waals surface area contributed by atoms with Crippen LogP contribution in [0.2, 0.25) is 10.0 Å². The molecule has 134 valence electrons. The van der Waals surface area contributed by atoms with E-state index < -0.39 is 17.6 Å². The van der Waals surface area contributed by atoms with Gasteiger partial charge in [0, 0.05) is 5.02 Å². The normalized spacial score (nSPS) is 11.7. The molecule has 25 heavy (non-hydrogen) atoms. The van der Waals surface area contributed by atoms with Crippen molar-refractivity contribution < 1.29 is 23.1 Å². The highest BCUT2D eigenvalue weighted by atomic mass is 35.5. The number of hydrogen-bond acceptors (Lipinski definition) is 2. The molecule has 2 rings (SSSR count). The lowest BCUT2D eigenvalue weighted by Gasteiger charge is -2.14. The fourth-order valence-electron chi connectivity index (χ4n) is 2.18. The Kier molecular flexibility index (Phi) is 5.54. The Morgan fingerprint density at radius 2 is 1.76 bits per heavy atom. The summed E-state index contributed by atoms with van der Waals surface area (Å²) in [5.74, 6) is -0.982. The zero-order chi connectivity index (χ0) is 18.9. The highest BCUT2D eigenvalue weighted by Gasteiger charge is 2.31. The maximum absolute atomic E-state index is 12.6. The van der Waals surface area contributed by atoms with E-state index in [1.54, 1.807) is 0 Å². The smallest absolute Gasteiger partial charge is 0.416 e. The Morgan fingerprint density at radius 1 is 1.12 bits per heavy atom. The molecule has 8 heteroatoms. The van der Waals surface area contributed by atoms with Crippen molar-refractivity contribution in [3.05, 3.63) is 57.1 Å². The lowest BCUT2D eigenvalue weighted by Crippen LogP contribution is -2.13. The Hall–Kier alpha value is -1.92. The molecule has 0 spiro atoms. The number of carbonyl (C=O) groups is 1. The highest BCUT2D eigenvalue weighted by Crippen LogP contribution is 2.35. The van der Waals surface area contributed by atoms with Crippen LogP contribution in [0.5, 0.6) is 5.75 Å². The van der Waals surface area contributed by atoms with Crippen LogP contribution < -0.4 is 5.32 Å². The SMILES string of the molecule is CC(C)c1cc(O)c(C(=O)Nc2ccc(C(F)(F)F)cc2Cl)cc1Cl. The van der Waals surface area contributed by atoms with Gasteiger partial charge < -0.3 is 10.4 Å². The molecule has 2 N–H and O–H groups in total. The lowest BCUT2D eigenvalue weighted by atomic mass is 10.0. The molecule has 0 fully saturated rings. The third kappa shape index (κ3) is 4.38. The number of anilines is 1. The Labute approximate surface area is 152 Å². The lowest BCUT2D eigenvalue weighted by molar-refractivity contribution is -0.137. The van der Waals surface area contributed by atoms with Crippen LogP contribution in [0.15, 0.2) is 30.3 Å². The number of nitrogens with one attached hydrogen (secondary N) is 1. The average molecular weight is 392 g/mol. The van der Waals surface area contributed by atoms with Gasteiger partial charge in [-0.25, -0.2) is 0 Å². The van der Waals surface area contributed by atoms with Crippen LogP contribution in [0.1, 0.15) is 41.3 Å². The molecule has 3 nitrogen and oxygen atoms in total. The van der Waals surface area contributed by atoms with Gasteiger partial charge in [0.25, 0.3) is 5.91 Å². The van der Waals surface area contributed by atoms with E-state index in [-0.39, 0.29) is 27.9 Å². The first-order valence-electron chi connectivity index (χ1n) is 7.21. The molecule has 2 aromatic rings. The van der Waals surface area contributed by atoms with E-state index >= 15 is 0 Å². The minimum Gasteiger partial charge on any atom is -0.507 e. The van der Waals surface area contributed by atoms with Gasteiger partial charge in [-0.15, -0.1) is 0 Å². The minimum atomic E-state index is -4.54. The molecule has 0 atom stereocenters. The number of alkyl halides is 3. The van der Waals surface area contributed by atoms with E-state index in [4.69, 9.17) is 23.2 Å². The molecule has 1 amide bonds. The zero-order valence-electron chi connectivity index (χ0n) is 13.2. The molecule has 0 saturated carbocycles. The van der Waals surface area contributed by atoms with Crippen LogP contribution >= 0.6 is 23.2 Å². The predicted molar refractivity (Wildman–Crippen MR) is 91.6 cm³/mol. The van der Waals surface area contributed by atoms with Crippen molar-refractivity contribution in [2.45, 2.75) is 25.9 Å².